The number of aromatic nitrogens is 2. The molecule has 9 heteroatoms. The number of morpholine rings is 1. The predicted octanol–water partition coefficient (Wildman–Crippen LogP) is 2.88. The van der Waals surface area contributed by atoms with Gasteiger partial charge >= 0.3 is 0 Å². The summed E-state index contributed by atoms with van der Waals surface area (Å²) >= 11 is 0. The second kappa shape index (κ2) is 9.69. The Morgan fingerprint density at radius 2 is 1.75 bits per heavy atom. The van der Waals surface area contributed by atoms with Crippen LogP contribution in [0.3, 0.4) is 0 Å². The summed E-state index contributed by atoms with van der Waals surface area (Å²) in [5.74, 6) is 2.24. The molecular weight excluding hydrogens is 412 g/mol. The zero-order valence-electron chi connectivity index (χ0n) is 18.2. The van der Waals surface area contributed by atoms with E-state index in [0.29, 0.717) is 11.5 Å². The fourth-order valence-electron chi connectivity index (χ4n) is 4.21. The van der Waals surface area contributed by atoms with E-state index in [1.807, 2.05) is 12.1 Å². The summed E-state index contributed by atoms with van der Waals surface area (Å²) in [6.07, 6.45) is 2.61. The lowest BCUT2D eigenvalue weighted by Crippen LogP contribution is -2.36. The minimum Gasteiger partial charge on any atom is -0.493 e. The maximum Gasteiger partial charge on any atom is 0.290 e. The van der Waals surface area contributed by atoms with Gasteiger partial charge in [-0.2, -0.15) is 0 Å². The molecule has 2 aromatic carbocycles. The fourth-order valence-corrected chi connectivity index (χ4v) is 4.21. The third kappa shape index (κ3) is 4.11. The van der Waals surface area contributed by atoms with Gasteiger partial charge in [-0.25, -0.2) is 9.97 Å². The van der Waals surface area contributed by atoms with Gasteiger partial charge < -0.3 is 29.1 Å². The second-order valence-corrected chi connectivity index (χ2v) is 7.34. The van der Waals surface area contributed by atoms with Crippen LogP contribution in [-0.4, -0.2) is 68.6 Å². The summed E-state index contributed by atoms with van der Waals surface area (Å²) < 4.78 is 16.4. The minimum atomic E-state index is -0.250. The minimum absolute atomic E-state index is 0.250. The van der Waals surface area contributed by atoms with Crippen molar-refractivity contribution in [3.63, 3.8) is 0 Å². The van der Waals surface area contributed by atoms with Gasteiger partial charge in [0.05, 0.1) is 33.0 Å². The molecule has 3 aromatic rings. The van der Waals surface area contributed by atoms with Crippen LogP contribution in [0.5, 0.6) is 11.5 Å². The molecule has 32 heavy (non-hydrogen) atoms. The average molecular weight is 438 g/mol. The predicted molar refractivity (Wildman–Crippen MR) is 122 cm³/mol. The van der Waals surface area contributed by atoms with E-state index in [1.54, 1.807) is 20.5 Å². The molecule has 2 aliphatic heterocycles. The lowest BCUT2D eigenvalue weighted by atomic mass is 10.1. The monoisotopic (exact) mass is 438 g/mol. The SMILES string of the molecule is COc1cc2ncnc(N3CCc4cc(N5CCOCC5)ccc43)c2cc1OC.O=CO. The third-order valence-corrected chi connectivity index (χ3v) is 5.71. The van der Waals surface area contributed by atoms with Crippen LogP contribution in [0.2, 0.25) is 0 Å². The van der Waals surface area contributed by atoms with Crippen molar-refractivity contribution in [1.82, 2.24) is 9.97 Å². The Balaban J connectivity index is 0.000000775. The molecule has 5 rings (SSSR count). The Morgan fingerprint density at radius 1 is 1.03 bits per heavy atom. The van der Waals surface area contributed by atoms with Crippen molar-refractivity contribution in [3.05, 3.63) is 42.2 Å². The standard InChI is InChI=1S/C22H24N4O3.CH2O2/c1-27-20-12-17-18(13-21(20)28-2)23-14-24-22(17)26-6-5-15-11-16(3-4-19(15)26)25-7-9-29-10-8-25;2-1-3/h3-4,11-14H,5-10H2,1-2H3;1H,(H,2,3). The van der Waals surface area contributed by atoms with E-state index in [4.69, 9.17) is 24.1 Å². The molecule has 0 amide bonds. The summed E-state index contributed by atoms with van der Waals surface area (Å²) in [6, 6.07) is 10.6. The summed E-state index contributed by atoms with van der Waals surface area (Å²) in [4.78, 5) is 22.1. The van der Waals surface area contributed by atoms with Crippen molar-refractivity contribution < 1.29 is 24.1 Å². The van der Waals surface area contributed by atoms with Crippen molar-refractivity contribution in [2.75, 3.05) is 56.9 Å². The molecule has 3 heterocycles. The Hall–Kier alpha value is -3.59. The quantitative estimate of drug-likeness (QED) is 0.617. The molecule has 0 atom stereocenters. The van der Waals surface area contributed by atoms with Crippen molar-refractivity contribution in [3.8, 4) is 11.5 Å². The van der Waals surface area contributed by atoms with Crippen LogP contribution in [0.4, 0.5) is 17.2 Å². The summed E-state index contributed by atoms with van der Waals surface area (Å²) in [5.41, 5.74) is 4.66. The van der Waals surface area contributed by atoms with Crippen molar-refractivity contribution in [2.24, 2.45) is 0 Å². The van der Waals surface area contributed by atoms with Gasteiger partial charge in [-0.1, -0.05) is 0 Å². The maximum atomic E-state index is 8.36. The van der Waals surface area contributed by atoms with E-state index >= 15 is 0 Å². The van der Waals surface area contributed by atoms with Crippen molar-refractivity contribution >= 4 is 34.6 Å². The summed E-state index contributed by atoms with van der Waals surface area (Å²) in [5, 5.41) is 7.84. The number of nitrogens with zero attached hydrogens (tertiary/aromatic N) is 4. The number of rotatable bonds is 4. The molecule has 1 aromatic heterocycles. The number of hydrogen-bond donors (Lipinski definition) is 1. The topological polar surface area (TPSA) is 97.3 Å². The number of hydrogen-bond acceptors (Lipinski definition) is 8. The van der Waals surface area contributed by atoms with Gasteiger partial charge in [0.25, 0.3) is 6.47 Å². The van der Waals surface area contributed by atoms with E-state index in [2.05, 4.69) is 38.0 Å². The Kier molecular flexibility index (Phi) is 6.55. The van der Waals surface area contributed by atoms with Gasteiger partial charge in [0.2, 0.25) is 0 Å². The van der Waals surface area contributed by atoms with Crippen LogP contribution in [0.25, 0.3) is 10.9 Å². The molecule has 168 valence electrons. The van der Waals surface area contributed by atoms with E-state index in [1.165, 1.54) is 16.9 Å². The van der Waals surface area contributed by atoms with Gasteiger partial charge in [-0.3, -0.25) is 4.79 Å². The first-order valence-electron chi connectivity index (χ1n) is 10.4. The molecule has 0 spiro atoms. The van der Waals surface area contributed by atoms with Gasteiger partial charge in [0.1, 0.15) is 12.1 Å². The second-order valence-electron chi connectivity index (χ2n) is 7.34. The third-order valence-electron chi connectivity index (χ3n) is 5.71. The highest BCUT2D eigenvalue weighted by atomic mass is 16.5. The van der Waals surface area contributed by atoms with E-state index in [0.717, 1.165) is 56.0 Å². The zero-order chi connectivity index (χ0) is 22.5. The number of carboxylic acid groups (broad SMARTS) is 1. The Bertz CT molecular complexity index is 1100. The van der Waals surface area contributed by atoms with Crippen LogP contribution in [0.1, 0.15) is 5.56 Å². The van der Waals surface area contributed by atoms with Crippen LogP contribution < -0.4 is 19.3 Å². The maximum absolute atomic E-state index is 8.36. The lowest BCUT2D eigenvalue weighted by molar-refractivity contribution is -0.122. The molecule has 0 radical (unpaired) electrons. The Morgan fingerprint density at radius 3 is 2.47 bits per heavy atom. The summed E-state index contributed by atoms with van der Waals surface area (Å²) in [7, 11) is 3.28. The van der Waals surface area contributed by atoms with Gasteiger partial charge in [-0.15, -0.1) is 0 Å². The highest BCUT2D eigenvalue weighted by Gasteiger charge is 2.25. The molecule has 1 fully saturated rings. The normalized spacial score (nSPS) is 15.1. The largest absolute Gasteiger partial charge is 0.493 e. The fraction of sp³-hybridized carbons (Fsp3) is 0.348. The first-order chi connectivity index (χ1) is 15.7. The number of benzene rings is 2. The van der Waals surface area contributed by atoms with Crippen LogP contribution in [0.15, 0.2) is 36.7 Å². The smallest absolute Gasteiger partial charge is 0.290 e. The highest BCUT2D eigenvalue weighted by Crippen LogP contribution is 2.40. The lowest BCUT2D eigenvalue weighted by Gasteiger charge is -2.29. The van der Waals surface area contributed by atoms with E-state index < -0.39 is 0 Å². The molecule has 0 bridgehead atoms. The van der Waals surface area contributed by atoms with E-state index in [9.17, 15) is 0 Å². The number of anilines is 3. The van der Waals surface area contributed by atoms with Crippen molar-refractivity contribution in [2.45, 2.75) is 6.42 Å². The number of ether oxygens (including phenoxy) is 3. The molecule has 9 nitrogen and oxygen atoms in total. The number of methoxy groups -OCH3 is 2. The zero-order valence-corrected chi connectivity index (χ0v) is 18.2. The van der Waals surface area contributed by atoms with E-state index in [-0.39, 0.29) is 6.47 Å². The molecule has 0 unspecified atom stereocenters. The number of fused-ring (bicyclic) bond motifs is 2. The molecule has 0 aliphatic carbocycles. The van der Waals surface area contributed by atoms with Crippen LogP contribution >= 0.6 is 0 Å². The first-order valence-corrected chi connectivity index (χ1v) is 10.4. The molecule has 0 saturated carbocycles. The van der Waals surface area contributed by atoms with Crippen molar-refractivity contribution in [1.29, 1.82) is 0 Å². The molecule has 2 aliphatic rings. The Labute approximate surface area is 186 Å². The molecular formula is C23H26N4O5. The molecule has 1 saturated heterocycles. The van der Waals surface area contributed by atoms with Gasteiger partial charge in [0, 0.05) is 42.5 Å². The highest BCUT2D eigenvalue weighted by molar-refractivity contribution is 5.94. The summed E-state index contributed by atoms with van der Waals surface area (Å²) in [6.45, 7) is 4.12. The van der Waals surface area contributed by atoms with Gasteiger partial charge in [0.15, 0.2) is 11.5 Å². The average Bonchev–Trinajstić information content (AvgIpc) is 3.27. The number of carbonyl (C=O) groups is 1. The molecule has 1 N–H and O–H groups in total. The van der Waals surface area contributed by atoms with Gasteiger partial charge in [-0.05, 0) is 36.2 Å². The van der Waals surface area contributed by atoms with Crippen LogP contribution in [0, 0.1) is 0 Å². The first kappa shape index (κ1) is 21.6. The van der Waals surface area contributed by atoms with Crippen LogP contribution in [-0.2, 0) is 16.0 Å².